The van der Waals surface area contributed by atoms with Crippen LogP contribution in [0.15, 0.2) is 22.6 Å². The molecule has 0 bridgehead atoms. The second-order valence-electron chi connectivity index (χ2n) is 1.44. The summed E-state index contributed by atoms with van der Waals surface area (Å²) in [6.07, 6.45) is 0. The Hall–Kier alpha value is -0.300. The Morgan fingerprint density at radius 1 is 1.33 bits per heavy atom. The van der Waals surface area contributed by atoms with Crippen LogP contribution in [-0.4, -0.2) is 0 Å². The van der Waals surface area contributed by atoms with E-state index in [9.17, 15) is 0 Å². The van der Waals surface area contributed by atoms with Gasteiger partial charge in [0.2, 0.25) is 0 Å². The van der Waals surface area contributed by atoms with Crippen LogP contribution in [-0.2, 0) is 0 Å². The van der Waals surface area contributed by atoms with Gasteiger partial charge in [-0.1, -0.05) is 22.0 Å². The summed E-state index contributed by atoms with van der Waals surface area (Å²) in [5.74, 6) is 0. The van der Waals surface area contributed by atoms with Crippen LogP contribution in [0.5, 0.6) is 0 Å². The smallest absolute Gasteiger partial charge is 0.0563 e. The summed E-state index contributed by atoms with van der Waals surface area (Å²) in [6, 6.07) is -1.87. The molecule has 0 fully saturated rings. The minimum absolute atomic E-state index is 0.226. The summed E-state index contributed by atoms with van der Waals surface area (Å²) >= 11 is 2.84. The molecule has 48 valence electrons. The van der Waals surface area contributed by atoms with Gasteiger partial charge in [0.25, 0.3) is 0 Å². The van der Waals surface area contributed by atoms with E-state index in [-0.39, 0.29) is 4.47 Å². The van der Waals surface area contributed by atoms with Gasteiger partial charge in [0.15, 0.2) is 0 Å². The van der Waals surface area contributed by atoms with Gasteiger partial charge in [-0.05, 0) is 36.9 Å². The first kappa shape index (κ1) is 1.65. The molecule has 0 heterocycles. The molecule has 0 saturated heterocycles. The molecular formula is C8H9Br. The molecule has 0 atom stereocenters. The maximum absolute atomic E-state index is 7.66. The Labute approximate surface area is 76.7 Å². The first-order valence-electron chi connectivity index (χ1n) is 6.69. The number of halogens is 1. The Bertz CT molecular complexity index is 444. The maximum Gasteiger partial charge on any atom is 0.0637 e. The maximum atomic E-state index is 7.66. The lowest BCUT2D eigenvalue weighted by molar-refractivity contribution is 1.37. The lowest BCUT2D eigenvalue weighted by atomic mass is 10.2. The highest BCUT2D eigenvalue weighted by Gasteiger charge is 1.88. The fourth-order valence-electron chi connectivity index (χ4n) is 0.438. The molecule has 1 aromatic rings. The molecule has 1 aromatic carbocycles. The molecule has 0 aliphatic carbocycles. The zero-order valence-corrected chi connectivity index (χ0v) is 5.96. The molecule has 0 nitrogen and oxygen atoms in total. The van der Waals surface area contributed by atoms with E-state index in [0.29, 0.717) is 0 Å². The summed E-state index contributed by atoms with van der Waals surface area (Å²) in [7, 11) is 0. The fourth-order valence-corrected chi connectivity index (χ4v) is 0.835. The quantitative estimate of drug-likeness (QED) is 0.595. The molecule has 0 N–H and O–H groups in total. The lowest BCUT2D eigenvalue weighted by Crippen LogP contribution is -1.74. The predicted molar refractivity (Wildman–Crippen MR) is 43.6 cm³/mol. The van der Waals surface area contributed by atoms with Crippen molar-refractivity contribution in [2.24, 2.45) is 0 Å². The normalized spacial score (nSPS) is 27.0. The van der Waals surface area contributed by atoms with Crippen LogP contribution in [0.1, 0.15) is 23.5 Å². The van der Waals surface area contributed by atoms with Gasteiger partial charge >= 0.3 is 0 Å². The first-order chi connectivity index (χ1) is 7.89. The number of hydrogen-bond acceptors (Lipinski definition) is 0. The van der Waals surface area contributed by atoms with E-state index in [1.54, 1.807) is 0 Å². The van der Waals surface area contributed by atoms with Crippen LogP contribution in [0, 0.1) is 13.7 Å². The van der Waals surface area contributed by atoms with E-state index in [2.05, 4.69) is 15.9 Å². The van der Waals surface area contributed by atoms with E-state index in [4.69, 9.17) is 12.3 Å². The van der Waals surface area contributed by atoms with Crippen molar-refractivity contribution >= 4 is 15.9 Å². The first-order valence-corrected chi connectivity index (χ1v) is 2.98. The van der Waals surface area contributed by atoms with Crippen LogP contribution in [0.3, 0.4) is 0 Å². The van der Waals surface area contributed by atoms with Gasteiger partial charge < -0.3 is 0 Å². The molecule has 1 heteroatoms. The van der Waals surface area contributed by atoms with Crippen molar-refractivity contribution in [3.63, 3.8) is 0 Å². The minimum Gasteiger partial charge on any atom is -0.0563 e. The number of benzene rings is 1. The summed E-state index contributed by atoms with van der Waals surface area (Å²) in [5, 5.41) is 0. The second kappa shape index (κ2) is 2.53. The van der Waals surface area contributed by atoms with Gasteiger partial charge in [0.05, 0.1) is 4.11 Å². The van der Waals surface area contributed by atoms with Gasteiger partial charge in [-0.15, -0.1) is 0 Å². The molecule has 0 radical (unpaired) electrons. The molecule has 0 aliphatic rings. The molecule has 0 amide bonds. The Morgan fingerprint density at radius 3 is 2.33 bits per heavy atom. The highest BCUT2D eigenvalue weighted by atomic mass is 79.9. The number of hydrogen-bond donors (Lipinski definition) is 0. The van der Waals surface area contributed by atoms with Gasteiger partial charge in [-0.25, -0.2) is 0 Å². The van der Waals surface area contributed by atoms with Crippen LogP contribution in [0.4, 0.5) is 0 Å². The summed E-state index contributed by atoms with van der Waals surface area (Å²) in [6.45, 7) is -5.55. The molecule has 1 rings (SSSR count). The van der Waals surface area contributed by atoms with Crippen molar-refractivity contribution in [1.82, 2.24) is 0 Å². The molecule has 0 aromatic heterocycles. The molecule has 0 unspecified atom stereocenters. The topological polar surface area (TPSA) is 0 Å². The molecule has 0 saturated carbocycles. The monoisotopic (exact) mass is 193 g/mol. The molecule has 0 spiro atoms. The minimum atomic E-state index is -2.77. The third-order valence-electron chi connectivity index (χ3n) is 0.719. The van der Waals surface area contributed by atoms with E-state index >= 15 is 0 Å². The van der Waals surface area contributed by atoms with E-state index in [0.717, 1.165) is 0 Å². The van der Waals surface area contributed by atoms with Crippen LogP contribution in [0.2, 0.25) is 0 Å². The van der Waals surface area contributed by atoms with Crippen molar-refractivity contribution in [1.29, 1.82) is 0 Å². The zero-order chi connectivity index (χ0) is 14.5. The second-order valence-corrected chi connectivity index (χ2v) is 2.23. The Kier molecular flexibility index (Phi) is 0.462. The Balaban J connectivity index is 3.83. The van der Waals surface area contributed by atoms with Crippen LogP contribution < -0.4 is 0 Å². The van der Waals surface area contributed by atoms with E-state index < -0.39 is 43.0 Å². The third-order valence-corrected chi connectivity index (χ3v) is 1.12. The Morgan fingerprint density at radius 2 is 1.89 bits per heavy atom. The highest BCUT2D eigenvalue weighted by molar-refractivity contribution is 9.10. The lowest BCUT2D eigenvalue weighted by Gasteiger charge is -1.95. The van der Waals surface area contributed by atoms with Crippen LogP contribution in [0.25, 0.3) is 0 Å². The van der Waals surface area contributed by atoms with Gasteiger partial charge in [-0.3, -0.25) is 0 Å². The van der Waals surface area contributed by atoms with Crippen molar-refractivity contribution < 1.29 is 12.3 Å². The molecule has 0 aliphatic heterocycles. The summed E-state index contributed by atoms with van der Waals surface area (Å²) in [4.78, 5) is 0. The fraction of sp³-hybridized carbons (Fsp3) is 0.250. The van der Waals surface area contributed by atoms with Gasteiger partial charge in [0, 0.05) is 12.7 Å². The standard InChI is InChI=1S/C8H9Br/c1-6-3-7(2)5-8(9)4-6/h3-5H,1-2H3/i1D3,2D3,3D,4D,5D. The van der Waals surface area contributed by atoms with E-state index in [1.165, 1.54) is 0 Å². The average molecular weight is 194 g/mol. The zero-order valence-electron chi connectivity index (χ0n) is 13.4. The average Bonchev–Trinajstić information content (AvgIpc) is 2.09. The highest BCUT2D eigenvalue weighted by Crippen LogP contribution is 2.13. The largest absolute Gasteiger partial charge is 0.0637 e. The third kappa shape index (κ3) is 1.83. The SMILES string of the molecule is [2H]c1c(Br)c([2H])c(C([2H])([2H])[2H])c([2H])c1C([2H])([2H])[2H]. The van der Waals surface area contributed by atoms with Crippen molar-refractivity contribution in [3.05, 3.63) is 33.7 Å². The van der Waals surface area contributed by atoms with Crippen molar-refractivity contribution in [2.45, 2.75) is 13.7 Å². The number of rotatable bonds is 0. The van der Waals surface area contributed by atoms with Gasteiger partial charge in [0.1, 0.15) is 0 Å². The van der Waals surface area contributed by atoms with E-state index in [1.807, 2.05) is 0 Å². The van der Waals surface area contributed by atoms with Crippen molar-refractivity contribution in [2.75, 3.05) is 0 Å². The summed E-state index contributed by atoms with van der Waals surface area (Å²) < 4.78 is 66.1. The predicted octanol–water partition coefficient (Wildman–Crippen LogP) is 3.07. The van der Waals surface area contributed by atoms with Crippen LogP contribution >= 0.6 is 15.9 Å². The molecular weight excluding hydrogens is 176 g/mol. The van der Waals surface area contributed by atoms with Crippen molar-refractivity contribution in [3.8, 4) is 0 Å². The van der Waals surface area contributed by atoms with Gasteiger partial charge in [-0.2, -0.15) is 0 Å². The molecule has 9 heavy (non-hydrogen) atoms. The summed E-state index contributed by atoms with van der Waals surface area (Å²) in [5.41, 5.74) is -1.31.